The fraction of sp³-hybridized carbons (Fsp3) is 0.320. The molecule has 144 valence electrons. The smallest absolute Gasteiger partial charge is 0.254 e. The lowest BCUT2D eigenvalue weighted by Crippen LogP contribution is -2.41. The summed E-state index contributed by atoms with van der Waals surface area (Å²) in [6, 6.07) is 24.8. The van der Waals surface area contributed by atoms with Gasteiger partial charge in [0.2, 0.25) is 0 Å². The fourth-order valence-corrected chi connectivity index (χ4v) is 4.30. The van der Waals surface area contributed by atoms with E-state index in [1.165, 1.54) is 5.56 Å². The average Bonchev–Trinajstić information content (AvgIpc) is 2.74. The second kappa shape index (κ2) is 8.57. The number of amides is 1. The van der Waals surface area contributed by atoms with Crippen molar-refractivity contribution < 1.29 is 4.79 Å². The Morgan fingerprint density at radius 1 is 0.929 bits per heavy atom. The van der Waals surface area contributed by atoms with Crippen LogP contribution in [-0.4, -0.2) is 42.4 Å². The highest BCUT2D eigenvalue weighted by atomic mass is 16.2. The molecule has 1 heterocycles. The van der Waals surface area contributed by atoms with E-state index in [0.29, 0.717) is 5.92 Å². The van der Waals surface area contributed by atoms with E-state index in [9.17, 15) is 4.79 Å². The molecule has 3 nitrogen and oxygen atoms in total. The summed E-state index contributed by atoms with van der Waals surface area (Å²) < 4.78 is 0. The minimum absolute atomic E-state index is 0.174. The summed E-state index contributed by atoms with van der Waals surface area (Å²) in [6.07, 6.45) is 2.16. The van der Waals surface area contributed by atoms with Crippen LogP contribution in [0.25, 0.3) is 10.8 Å². The third-order valence-corrected chi connectivity index (χ3v) is 5.79. The number of nitrogens with zero attached hydrogens (tertiary/aromatic N) is 2. The van der Waals surface area contributed by atoms with Crippen molar-refractivity contribution in [3.63, 3.8) is 0 Å². The molecule has 0 aliphatic carbocycles. The van der Waals surface area contributed by atoms with Crippen LogP contribution < -0.4 is 0 Å². The van der Waals surface area contributed by atoms with Gasteiger partial charge in [-0.15, -0.1) is 0 Å². The van der Waals surface area contributed by atoms with Gasteiger partial charge in [-0.2, -0.15) is 0 Å². The van der Waals surface area contributed by atoms with Crippen LogP contribution in [0.1, 0.15) is 28.8 Å². The van der Waals surface area contributed by atoms with Crippen molar-refractivity contribution in [1.29, 1.82) is 0 Å². The third-order valence-electron chi connectivity index (χ3n) is 5.79. The minimum Gasteiger partial charge on any atom is -0.339 e. The van der Waals surface area contributed by atoms with Crippen LogP contribution in [0.15, 0.2) is 72.8 Å². The van der Waals surface area contributed by atoms with Crippen LogP contribution in [0.2, 0.25) is 0 Å². The van der Waals surface area contributed by atoms with Gasteiger partial charge in [-0.3, -0.25) is 4.79 Å². The Labute approximate surface area is 167 Å². The van der Waals surface area contributed by atoms with Crippen molar-refractivity contribution in [2.45, 2.75) is 19.4 Å². The standard InChI is InChI=1S/C25H28N2O/c1-26(18-20-8-3-2-4-9-20)19-21-14-16-27(17-15-21)25(28)24-13-7-11-22-10-5-6-12-23(22)24/h2-13,21H,14-19H2,1H3. The molecule has 1 aliphatic heterocycles. The molecule has 3 heteroatoms. The Balaban J connectivity index is 1.34. The molecule has 1 aliphatic rings. The first-order chi connectivity index (χ1) is 13.7. The molecule has 1 saturated heterocycles. The molecule has 1 amide bonds. The number of benzene rings is 3. The summed E-state index contributed by atoms with van der Waals surface area (Å²) in [7, 11) is 2.20. The van der Waals surface area contributed by atoms with Crippen molar-refractivity contribution >= 4 is 16.7 Å². The second-order valence-corrected chi connectivity index (χ2v) is 7.94. The van der Waals surface area contributed by atoms with Gasteiger partial charge in [-0.05, 0) is 48.2 Å². The Kier molecular flexibility index (Phi) is 5.73. The van der Waals surface area contributed by atoms with Crippen molar-refractivity contribution in [1.82, 2.24) is 9.80 Å². The molecule has 0 bridgehead atoms. The zero-order valence-corrected chi connectivity index (χ0v) is 16.6. The van der Waals surface area contributed by atoms with Crippen molar-refractivity contribution in [2.24, 2.45) is 5.92 Å². The number of rotatable bonds is 5. The summed E-state index contributed by atoms with van der Waals surface area (Å²) in [5, 5.41) is 2.19. The number of fused-ring (bicyclic) bond motifs is 1. The molecule has 3 aromatic rings. The lowest BCUT2D eigenvalue weighted by atomic mass is 9.95. The topological polar surface area (TPSA) is 23.6 Å². The number of carbonyl (C=O) groups is 1. The van der Waals surface area contributed by atoms with Gasteiger partial charge < -0.3 is 9.80 Å². The third kappa shape index (κ3) is 4.26. The Bertz CT molecular complexity index is 924. The van der Waals surface area contributed by atoms with Gasteiger partial charge >= 0.3 is 0 Å². The summed E-state index contributed by atoms with van der Waals surface area (Å²) in [6.45, 7) is 3.78. The monoisotopic (exact) mass is 372 g/mol. The lowest BCUT2D eigenvalue weighted by Gasteiger charge is -2.34. The number of hydrogen-bond donors (Lipinski definition) is 0. The van der Waals surface area contributed by atoms with Gasteiger partial charge in [0.15, 0.2) is 0 Å². The minimum atomic E-state index is 0.174. The second-order valence-electron chi connectivity index (χ2n) is 7.94. The predicted molar refractivity (Wildman–Crippen MR) is 115 cm³/mol. The summed E-state index contributed by atoms with van der Waals surface area (Å²) in [4.78, 5) is 17.5. The maximum Gasteiger partial charge on any atom is 0.254 e. The van der Waals surface area contributed by atoms with Crippen LogP contribution in [0.4, 0.5) is 0 Å². The van der Waals surface area contributed by atoms with Gasteiger partial charge in [-0.25, -0.2) is 0 Å². The van der Waals surface area contributed by atoms with Crippen LogP contribution >= 0.6 is 0 Å². The summed E-state index contributed by atoms with van der Waals surface area (Å²) >= 11 is 0. The van der Waals surface area contributed by atoms with Crippen LogP contribution in [-0.2, 0) is 6.54 Å². The Hall–Kier alpha value is -2.65. The molecule has 3 aromatic carbocycles. The normalized spacial score (nSPS) is 15.3. The number of likely N-dealkylation sites (tertiary alicyclic amines) is 1. The largest absolute Gasteiger partial charge is 0.339 e. The van der Waals surface area contributed by atoms with E-state index in [0.717, 1.165) is 55.4 Å². The summed E-state index contributed by atoms with van der Waals surface area (Å²) in [5.74, 6) is 0.832. The molecular formula is C25H28N2O. The van der Waals surface area contributed by atoms with E-state index in [2.05, 4.69) is 54.4 Å². The molecule has 0 unspecified atom stereocenters. The highest BCUT2D eigenvalue weighted by Crippen LogP contribution is 2.24. The first-order valence-corrected chi connectivity index (χ1v) is 10.2. The molecule has 28 heavy (non-hydrogen) atoms. The van der Waals surface area contributed by atoms with Crippen molar-refractivity contribution in [3.8, 4) is 0 Å². The van der Waals surface area contributed by atoms with Gasteiger partial charge in [0, 0.05) is 31.7 Å². The molecule has 0 N–H and O–H groups in total. The number of piperidine rings is 1. The zero-order valence-electron chi connectivity index (χ0n) is 16.6. The molecule has 1 fully saturated rings. The average molecular weight is 373 g/mol. The van der Waals surface area contributed by atoms with Crippen molar-refractivity contribution in [3.05, 3.63) is 83.9 Å². The van der Waals surface area contributed by atoms with Crippen molar-refractivity contribution in [2.75, 3.05) is 26.7 Å². The summed E-state index contributed by atoms with van der Waals surface area (Å²) in [5.41, 5.74) is 2.19. The molecule has 0 saturated carbocycles. The van der Waals surface area contributed by atoms with E-state index in [1.807, 2.05) is 35.2 Å². The first-order valence-electron chi connectivity index (χ1n) is 10.2. The highest BCUT2D eigenvalue weighted by Gasteiger charge is 2.25. The van der Waals surface area contributed by atoms with E-state index >= 15 is 0 Å². The Morgan fingerprint density at radius 3 is 2.39 bits per heavy atom. The zero-order chi connectivity index (χ0) is 19.3. The fourth-order valence-electron chi connectivity index (χ4n) is 4.30. The Morgan fingerprint density at radius 2 is 1.61 bits per heavy atom. The maximum absolute atomic E-state index is 13.1. The molecule has 0 spiro atoms. The SMILES string of the molecule is CN(Cc1ccccc1)CC1CCN(C(=O)c2cccc3ccccc23)CC1. The number of hydrogen-bond acceptors (Lipinski definition) is 2. The molecule has 4 rings (SSSR count). The van der Waals surface area contributed by atoms with E-state index in [1.54, 1.807) is 0 Å². The van der Waals surface area contributed by atoms with Gasteiger partial charge in [-0.1, -0.05) is 66.7 Å². The van der Waals surface area contributed by atoms with Gasteiger partial charge in [0.05, 0.1) is 0 Å². The van der Waals surface area contributed by atoms with E-state index < -0.39 is 0 Å². The van der Waals surface area contributed by atoms with Gasteiger partial charge in [0.25, 0.3) is 5.91 Å². The van der Waals surface area contributed by atoms with E-state index in [4.69, 9.17) is 0 Å². The van der Waals surface area contributed by atoms with E-state index in [-0.39, 0.29) is 5.91 Å². The van der Waals surface area contributed by atoms with Crippen LogP contribution in [0.3, 0.4) is 0 Å². The van der Waals surface area contributed by atoms with Crippen LogP contribution in [0, 0.1) is 5.92 Å². The quantitative estimate of drug-likeness (QED) is 0.641. The predicted octanol–water partition coefficient (Wildman–Crippen LogP) is 4.82. The molecule has 0 radical (unpaired) electrons. The van der Waals surface area contributed by atoms with Crippen LogP contribution in [0.5, 0.6) is 0 Å². The number of carbonyl (C=O) groups excluding carboxylic acids is 1. The molecular weight excluding hydrogens is 344 g/mol. The highest BCUT2D eigenvalue weighted by molar-refractivity contribution is 6.07. The molecule has 0 atom stereocenters. The van der Waals surface area contributed by atoms with Gasteiger partial charge in [0.1, 0.15) is 0 Å². The maximum atomic E-state index is 13.1. The molecule has 0 aromatic heterocycles. The lowest BCUT2D eigenvalue weighted by molar-refractivity contribution is 0.0674. The first kappa shape index (κ1) is 18.7.